The topological polar surface area (TPSA) is 50.4 Å². The number of thiophene rings is 1. The lowest BCUT2D eigenvalue weighted by molar-refractivity contribution is 0.0497. The highest BCUT2D eigenvalue weighted by atomic mass is 79.9. The Morgan fingerprint density at radius 1 is 1.47 bits per heavy atom. The van der Waals surface area contributed by atoms with Gasteiger partial charge in [0.25, 0.3) is 0 Å². The summed E-state index contributed by atoms with van der Waals surface area (Å²) in [6.07, 6.45) is -0.479. The van der Waals surface area contributed by atoms with Gasteiger partial charge in [0.15, 0.2) is 0 Å². The van der Waals surface area contributed by atoms with E-state index in [4.69, 9.17) is 4.74 Å². The van der Waals surface area contributed by atoms with Gasteiger partial charge in [0.2, 0.25) is 0 Å². The molecule has 0 unspecified atom stereocenters. The Morgan fingerprint density at radius 3 is 2.59 bits per heavy atom. The minimum atomic E-state index is -0.485. The smallest absolute Gasteiger partial charge is 0.422 e. The summed E-state index contributed by atoms with van der Waals surface area (Å²) in [7, 11) is 0. The van der Waals surface area contributed by atoms with Crippen molar-refractivity contribution in [2.24, 2.45) is 0 Å². The van der Waals surface area contributed by atoms with Gasteiger partial charge < -0.3 is 4.74 Å². The molecule has 0 saturated carbocycles. The van der Waals surface area contributed by atoms with E-state index >= 15 is 0 Å². The van der Waals surface area contributed by atoms with Crippen LogP contribution in [-0.2, 0) is 11.3 Å². The molecule has 0 radical (unpaired) electrons. The molecule has 17 heavy (non-hydrogen) atoms. The minimum absolute atomic E-state index is 0.479. The maximum Gasteiger partial charge on any atom is 0.422 e. The third-order valence-corrected chi connectivity index (χ3v) is 4.80. The predicted octanol–water partition coefficient (Wildman–Crippen LogP) is 3.80. The van der Waals surface area contributed by atoms with E-state index in [-0.39, 0.29) is 0 Å². The lowest BCUT2D eigenvalue weighted by Gasteiger charge is -2.19. The van der Waals surface area contributed by atoms with E-state index < -0.39 is 11.7 Å². The molecule has 96 valence electrons. The highest BCUT2D eigenvalue weighted by Crippen LogP contribution is 2.32. The first-order valence-electron chi connectivity index (χ1n) is 4.93. The van der Waals surface area contributed by atoms with Crippen LogP contribution in [0.5, 0.6) is 0 Å². The third-order valence-electron chi connectivity index (χ3n) is 1.55. The Hall–Kier alpha value is -0.110. The summed E-state index contributed by atoms with van der Waals surface area (Å²) < 4.78 is 7.12. The monoisotopic (exact) mass is 384 g/mol. The van der Waals surface area contributed by atoms with Gasteiger partial charge in [-0.15, -0.1) is 11.3 Å². The largest absolute Gasteiger partial charge is 0.443 e. The molecule has 1 aromatic heterocycles. The fourth-order valence-electron chi connectivity index (χ4n) is 0.986. The van der Waals surface area contributed by atoms with Crippen LogP contribution in [0.2, 0.25) is 0 Å². The maximum absolute atomic E-state index is 11.3. The first kappa shape index (κ1) is 14.9. The number of ether oxygens (including phenoxy) is 1. The molecule has 0 atom stereocenters. The van der Waals surface area contributed by atoms with Crippen molar-refractivity contribution in [3.63, 3.8) is 0 Å². The molecule has 0 aliphatic heterocycles. The van der Waals surface area contributed by atoms with Gasteiger partial charge in [-0.1, -0.05) is 0 Å². The second kappa shape index (κ2) is 6.17. The van der Waals surface area contributed by atoms with E-state index in [1.807, 2.05) is 26.8 Å². The molecule has 0 aliphatic rings. The van der Waals surface area contributed by atoms with Crippen molar-refractivity contribution in [2.45, 2.75) is 32.9 Å². The number of hydrogen-bond acceptors (Lipinski definition) is 4. The standard InChI is InChI=1S/C10H14Br2N2O2S/c1-10(2,3)16-9(15)14-13-5-6-4-7(11)8(12)17-6/h4,13H,5H2,1-3H3,(H,14,15). The summed E-state index contributed by atoms with van der Waals surface area (Å²) in [5, 5.41) is 0. The molecule has 0 bridgehead atoms. The molecule has 0 aromatic carbocycles. The van der Waals surface area contributed by atoms with Gasteiger partial charge in [-0.25, -0.2) is 10.2 Å². The van der Waals surface area contributed by atoms with E-state index in [0.717, 1.165) is 13.1 Å². The number of halogens is 2. The van der Waals surface area contributed by atoms with Crippen LogP contribution in [-0.4, -0.2) is 11.7 Å². The SMILES string of the molecule is CC(C)(C)OC(=O)NNCc1cc(Br)c(Br)s1. The van der Waals surface area contributed by atoms with E-state index in [1.165, 1.54) is 0 Å². The average molecular weight is 386 g/mol. The van der Waals surface area contributed by atoms with Crippen LogP contribution >= 0.6 is 43.2 Å². The minimum Gasteiger partial charge on any atom is -0.443 e. The van der Waals surface area contributed by atoms with Crippen molar-refractivity contribution in [1.82, 2.24) is 10.9 Å². The highest BCUT2D eigenvalue weighted by Gasteiger charge is 2.15. The molecule has 2 N–H and O–H groups in total. The van der Waals surface area contributed by atoms with Gasteiger partial charge in [0.05, 0.1) is 3.79 Å². The maximum atomic E-state index is 11.3. The van der Waals surface area contributed by atoms with Gasteiger partial charge in [0.1, 0.15) is 5.60 Å². The van der Waals surface area contributed by atoms with Crippen molar-refractivity contribution < 1.29 is 9.53 Å². The number of hydrogen-bond donors (Lipinski definition) is 2. The van der Waals surface area contributed by atoms with Crippen LogP contribution in [0.15, 0.2) is 14.3 Å². The second-order valence-corrected chi connectivity index (χ2v) is 7.62. The fourth-order valence-corrected chi connectivity index (χ4v) is 3.10. The normalized spacial score (nSPS) is 11.4. The van der Waals surface area contributed by atoms with Crippen molar-refractivity contribution >= 4 is 49.3 Å². The van der Waals surface area contributed by atoms with Gasteiger partial charge in [0, 0.05) is 15.9 Å². The van der Waals surface area contributed by atoms with Crippen molar-refractivity contribution in [3.8, 4) is 0 Å². The molecular weight excluding hydrogens is 372 g/mol. The molecule has 1 rings (SSSR count). The molecule has 7 heteroatoms. The van der Waals surface area contributed by atoms with Crippen molar-refractivity contribution in [1.29, 1.82) is 0 Å². The Morgan fingerprint density at radius 2 is 2.12 bits per heavy atom. The van der Waals surface area contributed by atoms with Gasteiger partial charge >= 0.3 is 6.09 Å². The Balaban J connectivity index is 2.31. The summed E-state index contributed by atoms with van der Waals surface area (Å²) in [6.45, 7) is 6.01. The quantitative estimate of drug-likeness (QED) is 0.778. The molecular formula is C10H14Br2N2O2S. The van der Waals surface area contributed by atoms with E-state index in [1.54, 1.807) is 11.3 Å². The summed E-state index contributed by atoms with van der Waals surface area (Å²) in [5.41, 5.74) is 4.80. The molecule has 0 spiro atoms. The Bertz CT molecular complexity index is 382. The number of amides is 1. The van der Waals surface area contributed by atoms with Gasteiger partial charge in [-0.3, -0.25) is 5.43 Å². The second-order valence-electron chi connectivity index (χ2n) is 4.31. The van der Waals surface area contributed by atoms with E-state index in [0.29, 0.717) is 6.54 Å². The van der Waals surface area contributed by atoms with Gasteiger partial charge in [-0.05, 0) is 58.7 Å². The zero-order chi connectivity index (χ0) is 13.1. The van der Waals surface area contributed by atoms with Gasteiger partial charge in [-0.2, -0.15) is 0 Å². The van der Waals surface area contributed by atoms with Crippen LogP contribution in [0, 0.1) is 0 Å². The first-order chi connectivity index (χ1) is 7.78. The number of carbonyl (C=O) groups excluding carboxylic acids is 1. The molecule has 0 fully saturated rings. The molecule has 1 heterocycles. The third kappa shape index (κ3) is 5.85. The van der Waals surface area contributed by atoms with Crippen LogP contribution in [0.1, 0.15) is 25.6 Å². The molecule has 0 saturated heterocycles. The zero-order valence-corrected chi connectivity index (χ0v) is 13.8. The van der Waals surface area contributed by atoms with Crippen LogP contribution in [0.25, 0.3) is 0 Å². The van der Waals surface area contributed by atoms with Crippen LogP contribution in [0.4, 0.5) is 4.79 Å². The van der Waals surface area contributed by atoms with Crippen LogP contribution < -0.4 is 10.9 Å². The number of hydrazine groups is 1. The molecule has 1 aromatic rings. The number of nitrogens with one attached hydrogen (secondary N) is 2. The Kier molecular flexibility index (Phi) is 5.43. The fraction of sp³-hybridized carbons (Fsp3) is 0.500. The first-order valence-corrected chi connectivity index (χ1v) is 7.34. The van der Waals surface area contributed by atoms with Crippen LogP contribution in [0.3, 0.4) is 0 Å². The highest BCUT2D eigenvalue weighted by molar-refractivity contribution is 9.13. The summed E-state index contributed by atoms with van der Waals surface area (Å²) in [6, 6.07) is 1.98. The summed E-state index contributed by atoms with van der Waals surface area (Å²) in [4.78, 5) is 12.4. The molecule has 1 amide bonds. The predicted molar refractivity (Wildman–Crippen MR) is 75.9 cm³/mol. The molecule has 0 aliphatic carbocycles. The summed E-state index contributed by atoms with van der Waals surface area (Å²) in [5.74, 6) is 0. The van der Waals surface area contributed by atoms with E-state index in [2.05, 4.69) is 42.7 Å². The van der Waals surface area contributed by atoms with Crippen molar-refractivity contribution in [2.75, 3.05) is 0 Å². The Labute approximate surface area is 121 Å². The number of carbonyl (C=O) groups is 1. The lowest BCUT2D eigenvalue weighted by atomic mass is 10.2. The van der Waals surface area contributed by atoms with E-state index in [9.17, 15) is 4.79 Å². The zero-order valence-electron chi connectivity index (χ0n) is 9.77. The lowest BCUT2D eigenvalue weighted by Crippen LogP contribution is -2.40. The van der Waals surface area contributed by atoms with Crippen molar-refractivity contribution in [3.05, 3.63) is 19.2 Å². The summed E-state index contributed by atoms with van der Waals surface area (Å²) >= 11 is 8.40. The average Bonchev–Trinajstić information content (AvgIpc) is 2.43. The number of rotatable bonds is 3. The molecule has 4 nitrogen and oxygen atoms in total.